The molecule has 6 heteroatoms. The number of halogens is 2. The van der Waals surface area contributed by atoms with Gasteiger partial charge in [0.25, 0.3) is 0 Å². The molecule has 0 aliphatic rings. The van der Waals surface area contributed by atoms with E-state index in [0.717, 1.165) is 28.7 Å². The van der Waals surface area contributed by atoms with Crippen molar-refractivity contribution in [3.8, 4) is 5.75 Å². The lowest BCUT2D eigenvalue weighted by molar-refractivity contribution is 0.425. The molecule has 0 aliphatic carbocycles. The highest BCUT2D eigenvalue weighted by Gasteiger charge is 2.46. The molecule has 29 heavy (non-hydrogen) atoms. The average molecular weight is 417 g/mol. The van der Waals surface area contributed by atoms with Crippen molar-refractivity contribution in [1.82, 2.24) is 9.22 Å². The minimum atomic E-state index is -2.05. The van der Waals surface area contributed by atoms with Crippen molar-refractivity contribution in [1.29, 1.82) is 0 Å². The van der Waals surface area contributed by atoms with Crippen LogP contribution < -0.4 is 0 Å². The van der Waals surface area contributed by atoms with Gasteiger partial charge in [0.15, 0.2) is 19.8 Å². The van der Waals surface area contributed by atoms with Crippen LogP contribution in [0.5, 0.6) is 5.75 Å². The van der Waals surface area contributed by atoms with Crippen molar-refractivity contribution in [3.05, 3.63) is 59.4 Å². The Morgan fingerprint density at radius 2 is 1.59 bits per heavy atom. The molecular formula is C23H30F2N2OSi. The number of aromatic nitrogens is 2. The van der Waals surface area contributed by atoms with Crippen LogP contribution in [0.1, 0.15) is 52.7 Å². The van der Waals surface area contributed by atoms with E-state index in [4.69, 9.17) is 4.98 Å². The van der Waals surface area contributed by atoms with Gasteiger partial charge in [-0.25, -0.2) is 13.8 Å². The summed E-state index contributed by atoms with van der Waals surface area (Å²) in [6.45, 7) is 13.7. The third kappa shape index (κ3) is 3.48. The largest absolute Gasteiger partial charge is 0.505 e. The van der Waals surface area contributed by atoms with Crippen LogP contribution >= 0.6 is 0 Å². The average Bonchev–Trinajstić information content (AvgIpc) is 2.98. The molecule has 0 saturated heterocycles. The van der Waals surface area contributed by atoms with E-state index in [0.29, 0.717) is 16.6 Å². The summed E-state index contributed by atoms with van der Waals surface area (Å²) in [6, 6.07) is 5.82. The maximum absolute atomic E-state index is 14.4. The summed E-state index contributed by atoms with van der Waals surface area (Å²) >= 11 is 0. The van der Waals surface area contributed by atoms with Crippen LogP contribution in [-0.4, -0.2) is 22.6 Å². The number of rotatable bonds is 6. The second-order valence-electron chi connectivity index (χ2n) is 8.82. The molecule has 1 N–H and O–H groups in total. The van der Waals surface area contributed by atoms with Crippen LogP contribution in [0.3, 0.4) is 0 Å². The van der Waals surface area contributed by atoms with Crippen molar-refractivity contribution < 1.29 is 13.9 Å². The van der Waals surface area contributed by atoms with E-state index < -0.39 is 25.6 Å². The second kappa shape index (κ2) is 7.90. The zero-order valence-corrected chi connectivity index (χ0v) is 19.0. The fourth-order valence-electron chi connectivity index (χ4n) is 5.31. The molecule has 0 aliphatic heterocycles. The molecule has 2 aromatic heterocycles. The minimum absolute atomic E-state index is 0.231. The van der Waals surface area contributed by atoms with E-state index in [9.17, 15) is 13.9 Å². The maximum atomic E-state index is 14.4. The topological polar surface area (TPSA) is 38.0 Å². The molecule has 0 bridgehead atoms. The fourth-order valence-corrected chi connectivity index (χ4v) is 11.9. The Morgan fingerprint density at radius 3 is 2.17 bits per heavy atom. The highest BCUT2D eigenvalue weighted by atomic mass is 28.3. The number of fused-ring (bicyclic) bond motifs is 1. The van der Waals surface area contributed by atoms with Gasteiger partial charge in [-0.05, 0) is 45.9 Å². The summed E-state index contributed by atoms with van der Waals surface area (Å²) < 4.78 is 30.7. The predicted molar refractivity (Wildman–Crippen MR) is 117 cm³/mol. The molecule has 3 nitrogen and oxygen atoms in total. The molecule has 1 aromatic carbocycles. The molecule has 0 unspecified atom stereocenters. The summed E-state index contributed by atoms with van der Waals surface area (Å²) in [7, 11) is -2.05. The van der Waals surface area contributed by atoms with E-state index in [1.165, 1.54) is 0 Å². The molecule has 0 radical (unpaired) electrons. The van der Waals surface area contributed by atoms with Crippen molar-refractivity contribution in [3.63, 3.8) is 0 Å². The smallest absolute Gasteiger partial charge is 0.171 e. The molecule has 3 aromatic rings. The summed E-state index contributed by atoms with van der Waals surface area (Å²) in [5.41, 5.74) is 3.53. The quantitative estimate of drug-likeness (QED) is 0.458. The van der Waals surface area contributed by atoms with Gasteiger partial charge >= 0.3 is 0 Å². The first-order chi connectivity index (χ1) is 13.6. The first kappa shape index (κ1) is 21.5. The van der Waals surface area contributed by atoms with Crippen LogP contribution in [0.25, 0.3) is 11.0 Å². The third-order valence-electron chi connectivity index (χ3n) is 6.33. The molecule has 3 rings (SSSR count). The summed E-state index contributed by atoms with van der Waals surface area (Å²) in [5.74, 6) is -2.08. The van der Waals surface area contributed by atoms with Gasteiger partial charge in [0.1, 0.15) is 11.5 Å². The molecule has 2 heterocycles. The van der Waals surface area contributed by atoms with Crippen LogP contribution in [0.4, 0.5) is 8.78 Å². The Hall–Kier alpha value is -2.21. The Labute approximate surface area is 172 Å². The van der Waals surface area contributed by atoms with E-state index in [1.54, 1.807) is 6.20 Å². The Bertz CT molecular complexity index is 1010. The summed E-state index contributed by atoms with van der Waals surface area (Å²) in [5, 5.41) is 10.4. The molecule has 156 valence electrons. The normalized spacial score (nSPS) is 12.7. The van der Waals surface area contributed by atoms with E-state index >= 15 is 0 Å². The van der Waals surface area contributed by atoms with Crippen molar-refractivity contribution in [2.24, 2.45) is 0 Å². The molecule has 0 spiro atoms. The van der Waals surface area contributed by atoms with Crippen LogP contribution in [0.2, 0.25) is 16.6 Å². The van der Waals surface area contributed by atoms with Gasteiger partial charge in [-0.15, -0.1) is 0 Å². The lowest BCUT2D eigenvalue weighted by Crippen LogP contribution is -2.51. The minimum Gasteiger partial charge on any atom is -0.505 e. The first-order valence-corrected chi connectivity index (χ1v) is 12.4. The van der Waals surface area contributed by atoms with E-state index in [2.05, 4.69) is 52.0 Å². The van der Waals surface area contributed by atoms with Gasteiger partial charge in [-0.2, -0.15) is 0 Å². The van der Waals surface area contributed by atoms with Gasteiger partial charge in [-0.1, -0.05) is 41.5 Å². The predicted octanol–water partition coefficient (Wildman–Crippen LogP) is 6.63. The van der Waals surface area contributed by atoms with Gasteiger partial charge in [0, 0.05) is 30.3 Å². The Kier molecular flexibility index (Phi) is 5.85. The number of phenols is 1. The van der Waals surface area contributed by atoms with Crippen LogP contribution in [-0.2, 0) is 6.42 Å². The van der Waals surface area contributed by atoms with Gasteiger partial charge in [0.05, 0.1) is 0 Å². The standard InChI is InChI=1S/C23H30F2N2OSi/c1-14(2)29(15(3)4,16(5)6)27-13-18(19-8-7-9-26-23(19)27)10-17-11-21(25)22(28)12-20(17)24/h7-9,11-16,28H,10H2,1-6H3. The Balaban J connectivity index is 2.24. The molecule has 0 amide bonds. The lowest BCUT2D eigenvalue weighted by atomic mass is 10.0. The van der Waals surface area contributed by atoms with Crippen LogP contribution in [0.15, 0.2) is 36.7 Å². The lowest BCUT2D eigenvalue weighted by Gasteiger charge is -2.44. The fraction of sp³-hybridized carbons (Fsp3) is 0.435. The number of benzene rings is 1. The highest BCUT2D eigenvalue weighted by Crippen LogP contribution is 2.44. The molecular weight excluding hydrogens is 386 g/mol. The zero-order chi connectivity index (χ0) is 21.5. The number of nitrogens with zero attached hydrogens (tertiary/aromatic N) is 2. The van der Waals surface area contributed by atoms with Crippen molar-refractivity contribution >= 4 is 19.3 Å². The molecule has 0 saturated carbocycles. The van der Waals surface area contributed by atoms with Gasteiger partial charge in [0.2, 0.25) is 0 Å². The van der Waals surface area contributed by atoms with Gasteiger partial charge < -0.3 is 9.34 Å². The number of hydrogen-bond acceptors (Lipinski definition) is 2. The number of phenolic OH excluding ortho intramolecular Hbond substituents is 1. The summed E-state index contributed by atoms with van der Waals surface area (Å²) in [4.78, 5) is 4.70. The zero-order valence-electron chi connectivity index (χ0n) is 18.0. The number of pyridine rings is 1. The highest BCUT2D eigenvalue weighted by molar-refractivity contribution is 6.82. The number of aromatic hydroxyl groups is 1. The SMILES string of the molecule is CC(C)[Si](C(C)C)(C(C)C)n1cc(Cc2cc(F)c(O)cc2F)c2cccnc21. The maximum Gasteiger partial charge on any atom is 0.171 e. The monoisotopic (exact) mass is 416 g/mol. The molecule has 0 fully saturated rings. The molecule has 0 atom stereocenters. The number of hydrogen-bond donors (Lipinski definition) is 1. The second-order valence-corrected chi connectivity index (χ2v) is 14.5. The third-order valence-corrected chi connectivity index (χ3v) is 13.1. The van der Waals surface area contributed by atoms with Crippen molar-refractivity contribution in [2.45, 2.75) is 64.6 Å². The van der Waals surface area contributed by atoms with Crippen molar-refractivity contribution in [2.75, 3.05) is 0 Å². The summed E-state index contributed by atoms with van der Waals surface area (Å²) in [6.07, 6.45) is 4.16. The van der Waals surface area contributed by atoms with Crippen LogP contribution in [0, 0.1) is 11.6 Å². The van der Waals surface area contributed by atoms with E-state index in [-0.39, 0.29) is 12.0 Å². The van der Waals surface area contributed by atoms with E-state index in [1.807, 2.05) is 12.1 Å². The Morgan fingerprint density at radius 1 is 0.966 bits per heavy atom. The first-order valence-electron chi connectivity index (χ1n) is 10.2. The van der Waals surface area contributed by atoms with Gasteiger partial charge in [-0.3, -0.25) is 0 Å².